The molecule has 27 heavy (non-hydrogen) atoms. The molecular weight excluding hydrogens is 389 g/mol. The number of aliphatic hydroxyl groups excluding tert-OH is 1. The van der Waals surface area contributed by atoms with Gasteiger partial charge in [-0.1, -0.05) is 28.4 Å². The van der Waals surface area contributed by atoms with Crippen molar-refractivity contribution in [1.29, 1.82) is 0 Å². The molecule has 3 heterocycles. The zero-order chi connectivity index (χ0) is 19.0. The van der Waals surface area contributed by atoms with E-state index in [1.54, 1.807) is 24.4 Å². The van der Waals surface area contributed by atoms with Crippen LogP contribution in [0.15, 0.2) is 35.1 Å². The summed E-state index contributed by atoms with van der Waals surface area (Å²) < 4.78 is 7.28. The van der Waals surface area contributed by atoms with Crippen molar-refractivity contribution in [3.8, 4) is 11.4 Å². The van der Waals surface area contributed by atoms with E-state index in [-0.39, 0.29) is 5.92 Å². The van der Waals surface area contributed by atoms with Gasteiger partial charge in [0.2, 0.25) is 5.82 Å². The van der Waals surface area contributed by atoms with Crippen LogP contribution in [0.5, 0.6) is 0 Å². The van der Waals surface area contributed by atoms with Gasteiger partial charge in [0.1, 0.15) is 11.9 Å². The molecule has 0 spiro atoms. The fourth-order valence-electron chi connectivity index (χ4n) is 3.42. The van der Waals surface area contributed by atoms with Gasteiger partial charge < -0.3 is 19.1 Å². The summed E-state index contributed by atoms with van der Waals surface area (Å²) in [6.07, 6.45) is 4.61. The lowest BCUT2D eigenvalue weighted by molar-refractivity contribution is 0.0817. The quantitative estimate of drug-likeness (QED) is 0.709. The third kappa shape index (κ3) is 3.81. The molecule has 0 bridgehead atoms. The van der Waals surface area contributed by atoms with Gasteiger partial charge in [-0.15, -0.1) is 0 Å². The standard InChI is InChI=1S/C18H19Cl2N5O2/c1-24-7-4-21-17(24)15(26)11-2-5-25(6-3-11)18-22-16(23-27-18)12-8-13(19)10-14(20)9-12/h4,7-11,15,26H,2-3,5-6H2,1H3. The van der Waals surface area contributed by atoms with Crippen molar-refractivity contribution in [3.63, 3.8) is 0 Å². The highest BCUT2D eigenvalue weighted by molar-refractivity contribution is 6.35. The Morgan fingerprint density at radius 3 is 2.52 bits per heavy atom. The van der Waals surface area contributed by atoms with E-state index in [4.69, 9.17) is 27.7 Å². The molecule has 9 heteroatoms. The van der Waals surface area contributed by atoms with Crippen LogP contribution < -0.4 is 4.90 Å². The van der Waals surface area contributed by atoms with Gasteiger partial charge in [-0.05, 0) is 37.0 Å². The fraction of sp³-hybridized carbons (Fsp3) is 0.389. The van der Waals surface area contributed by atoms with Crippen LogP contribution in [0.2, 0.25) is 10.0 Å². The van der Waals surface area contributed by atoms with Crippen LogP contribution in [0.1, 0.15) is 24.8 Å². The molecular formula is C18H19Cl2N5O2. The summed E-state index contributed by atoms with van der Waals surface area (Å²) in [6, 6.07) is 5.62. The van der Waals surface area contributed by atoms with Gasteiger partial charge in [0.15, 0.2) is 0 Å². The van der Waals surface area contributed by atoms with Gasteiger partial charge in [-0.3, -0.25) is 0 Å². The summed E-state index contributed by atoms with van der Waals surface area (Å²) in [4.78, 5) is 10.8. The van der Waals surface area contributed by atoms with E-state index in [1.165, 1.54) is 0 Å². The lowest BCUT2D eigenvalue weighted by atomic mass is 9.91. The Labute approximate surface area is 166 Å². The monoisotopic (exact) mass is 407 g/mol. The second kappa shape index (κ2) is 7.50. The molecule has 1 N–H and O–H groups in total. The molecule has 0 aliphatic carbocycles. The number of anilines is 1. The third-order valence-electron chi connectivity index (χ3n) is 4.92. The Morgan fingerprint density at radius 1 is 1.19 bits per heavy atom. The molecule has 0 radical (unpaired) electrons. The summed E-state index contributed by atoms with van der Waals surface area (Å²) >= 11 is 12.1. The largest absolute Gasteiger partial charge is 0.385 e. The first-order valence-corrected chi connectivity index (χ1v) is 9.47. The van der Waals surface area contributed by atoms with Crippen LogP contribution in [0.4, 0.5) is 6.01 Å². The Kier molecular flexibility index (Phi) is 5.08. The number of piperidine rings is 1. The minimum absolute atomic E-state index is 0.150. The van der Waals surface area contributed by atoms with E-state index in [2.05, 4.69) is 15.1 Å². The van der Waals surface area contributed by atoms with Crippen molar-refractivity contribution < 1.29 is 9.63 Å². The summed E-state index contributed by atoms with van der Waals surface area (Å²) in [5, 5.41) is 15.7. The normalized spacial score (nSPS) is 16.7. The number of hydrogen-bond acceptors (Lipinski definition) is 6. The van der Waals surface area contributed by atoms with Gasteiger partial charge in [-0.2, -0.15) is 4.98 Å². The number of halogens is 2. The molecule has 3 aromatic rings. The molecule has 1 saturated heterocycles. The molecule has 142 valence electrons. The predicted molar refractivity (Wildman–Crippen MR) is 103 cm³/mol. The smallest absolute Gasteiger partial charge is 0.324 e. The van der Waals surface area contributed by atoms with Crippen LogP contribution in [0.3, 0.4) is 0 Å². The number of nitrogens with zero attached hydrogens (tertiary/aromatic N) is 5. The van der Waals surface area contributed by atoms with E-state index in [0.29, 0.717) is 33.3 Å². The number of imidazole rings is 1. The second-order valence-electron chi connectivity index (χ2n) is 6.72. The molecule has 1 atom stereocenters. The first kappa shape index (κ1) is 18.3. The second-order valence-corrected chi connectivity index (χ2v) is 7.60. The first-order chi connectivity index (χ1) is 13.0. The molecule has 2 aromatic heterocycles. The number of benzene rings is 1. The highest BCUT2D eigenvalue weighted by Gasteiger charge is 2.30. The molecule has 1 aliphatic rings. The molecule has 4 rings (SSSR count). The maximum absolute atomic E-state index is 10.6. The zero-order valence-electron chi connectivity index (χ0n) is 14.7. The number of aromatic nitrogens is 4. The average molecular weight is 408 g/mol. The highest BCUT2D eigenvalue weighted by atomic mass is 35.5. The van der Waals surface area contributed by atoms with Crippen LogP contribution in [-0.4, -0.2) is 37.9 Å². The molecule has 7 nitrogen and oxygen atoms in total. The first-order valence-electron chi connectivity index (χ1n) is 8.71. The maximum Gasteiger partial charge on any atom is 0.324 e. The van der Waals surface area contributed by atoms with E-state index in [9.17, 15) is 5.11 Å². The van der Waals surface area contributed by atoms with Gasteiger partial charge in [-0.25, -0.2) is 4.98 Å². The summed E-state index contributed by atoms with van der Waals surface area (Å²) in [5.41, 5.74) is 0.711. The SMILES string of the molecule is Cn1ccnc1C(O)C1CCN(c2nc(-c3cc(Cl)cc(Cl)c3)no2)CC1. The Hall–Kier alpha value is -2.09. The fourth-order valence-corrected chi connectivity index (χ4v) is 3.95. The van der Waals surface area contributed by atoms with Crippen molar-refractivity contribution in [2.45, 2.75) is 18.9 Å². The molecule has 1 aromatic carbocycles. The van der Waals surface area contributed by atoms with Crippen LogP contribution in [-0.2, 0) is 7.05 Å². The minimum Gasteiger partial charge on any atom is -0.385 e. The van der Waals surface area contributed by atoms with Gasteiger partial charge in [0.05, 0.1) is 0 Å². The van der Waals surface area contributed by atoms with Crippen LogP contribution in [0.25, 0.3) is 11.4 Å². The summed E-state index contributed by atoms with van der Waals surface area (Å²) in [6.45, 7) is 1.45. The number of hydrogen-bond donors (Lipinski definition) is 1. The molecule has 0 saturated carbocycles. The van der Waals surface area contributed by atoms with Crippen molar-refractivity contribution in [2.75, 3.05) is 18.0 Å². The van der Waals surface area contributed by atoms with E-state index >= 15 is 0 Å². The molecule has 1 fully saturated rings. The van der Waals surface area contributed by atoms with E-state index in [0.717, 1.165) is 25.9 Å². The van der Waals surface area contributed by atoms with Crippen molar-refractivity contribution in [3.05, 3.63) is 46.5 Å². The number of aryl methyl sites for hydroxylation is 1. The van der Waals surface area contributed by atoms with Crippen molar-refractivity contribution >= 4 is 29.2 Å². The summed E-state index contributed by atoms with van der Waals surface area (Å²) in [7, 11) is 1.89. The van der Waals surface area contributed by atoms with Gasteiger partial charge in [0.25, 0.3) is 0 Å². The Bertz CT molecular complexity index is 913. The van der Waals surface area contributed by atoms with Crippen molar-refractivity contribution in [1.82, 2.24) is 19.7 Å². The topological polar surface area (TPSA) is 80.2 Å². The Morgan fingerprint density at radius 2 is 1.89 bits per heavy atom. The average Bonchev–Trinajstić information content (AvgIpc) is 3.30. The van der Waals surface area contributed by atoms with Crippen LogP contribution in [0, 0.1) is 5.92 Å². The molecule has 1 aliphatic heterocycles. The highest BCUT2D eigenvalue weighted by Crippen LogP contribution is 2.32. The van der Waals surface area contributed by atoms with Gasteiger partial charge in [0, 0.05) is 48.1 Å². The van der Waals surface area contributed by atoms with Gasteiger partial charge >= 0.3 is 6.01 Å². The minimum atomic E-state index is -0.570. The lowest BCUT2D eigenvalue weighted by Crippen LogP contribution is -2.36. The third-order valence-corrected chi connectivity index (χ3v) is 5.35. The maximum atomic E-state index is 10.6. The zero-order valence-corrected chi connectivity index (χ0v) is 16.2. The summed E-state index contributed by atoms with van der Waals surface area (Å²) in [5.74, 6) is 1.30. The lowest BCUT2D eigenvalue weighted by Gasteiger charge is -2.32. The predicted octanol–water partition coefficient (Wildman–Crippen LogP) is 3.73. The Balaban J connectivity index is 1.43. The number of rotatable bonds is 4. The number of aliphatic hydroxyl groups is 1. The van der Waals surface area contributed by atoms with Crippen molar-refractivity contribution in [2.24, 2.45) is 13.0 Å². The molecule has 1 unspecified atom stereocenters. The van der Waals surface area contributed by atoms with E-state index < -0.39 is 6.10 Å². The molecule has 0 amide bonds. The van der Waals surface area contributed by atoms with E-state index in [1.807, 2.05) is 22.7 Å². The van der Waals surface area contributed by atoms with Crippen LogP contribution >= 0.6 is 23.2 Å².